The smallest absolute Gasteiger partial charge is 0.408 e. The Morgan fingerprint density at radius 3 is 1.96 bits per heavy atom. The summed E-state index contributed by atoms with van der Waals surface area (Å²) in [6, 6.07) is 0. The standard InChI is InChI=1S/C30H43N7O12/c1-29(2,3)48-27(43)32-11-16(38)7-9-19(40)45-13-18-22(42)23(26(46-18)37-15-36-21-24(31)34-14-35-25(21)37)47-20(41)10-8-17(39)12-33-28(44)49-30(4,5)6/h14-15,18,22-23,26,42H,7-13H2,1-6H3,(H,32,43)(H,33,44)(H2,31,34,35)/t18-,22?,23?,26-/m1/s1. The predicted octanol–water partition coefficient (Wildman–Crippen LogP) is 0.870. The van der Waals surface area contributed by atoms with E-state index in [0.717, 1.165) is 0 Å². The molecule has 1 fully saturated rings. The number of fused-ring (bicyclic) bond motifs is 1. The number of nitrogens with one attached hydrogen (secondary N) is 2. The molecule has 49 heavy (non-hydrogen) atoms. The van der Waals surface area contributed by atoms with E-state index in [1.807, 2.05) is 0 Å². The number of ketones is 2. The van der Waals surface area contributed by atoms with Crippen LogP contribution < -0.4 is 16.4 Å². The molecule has 2 amide bonds. The molecule has 0 bridgehead atoms. The van der Waals surface area contributed by atoms with E-state index < -0.39 is 78.0 Å². The summed E-state index contributed by atoms with van der Waals surface area (Å²) in [4.78, 5) is 85.4. The third-order valence-corrected chi connectivity index (χ3v) is 6.52. The van der Waals surface area contributed by atoms with Crippen LogP contribution in [0.5, 0.6) is 0 Å². The summed E-state index contributed by atoms with van der Waals surface area (Å²) in [7, 11) is 0. The molecular weight excluding hydrogens is 650 g/mol. The molecule has 1 aliphatic heterocycles. The number of nitrogen functional groups attached to an aromatic ring is 1. The van der Waals surface area contributed by atoms with E-state index in [2.05, 4.69) is 25.6 Å². The zero-order valence-electron chi connectivity index (χ0n) is 28.2. The number of carbonyl (C=O) groups excluding carboxylic acids is 6. The highest BCUT2D eigenvalue weighted by atomic mass is 16.6. The van der Waals surface area contributed by atoms with Crippen LogP contribution in [0, 0.1) is 0 Å². The maximum Gasteiger partial charge on any atom is 0.408 e. The molecule has 2 unspecified atom stereocenters. The van der Waals surface area contributed by atoms with E-state index in [1.165, 1.54) is 17.2 Å². The number of nitrogens with two attached hydrogens (primary N) is 1. The van der Waals surface area contributed by atoms with Crippen molar-refractivity contribution in [2.45, 2.75) is 103 Å². The summed E-state index contributed by atoms with van der Waals surface area (Å²) < 4.78 is 28.2. The minimum Gasteiger partial charge on any atom is -0.463 e. The molecule has 3 rings (SSSR count). The van der Waals surface area contributed by atoms with Crippen molar-refractivity contribution in [2.24, 2.45) is 0 Å². The molecule has 5 N–H and O–H groups in total. The van der Waals surface area contributed by atoms with Crippen molar-refractivity contribution in [3.05, 3.63) is 12.7 Å². The van der Waals surface area contributed by atoms with Crippen molar-refractivity contribution < 1.29 is 57.6 Å². The first kappa shape index (κ1) is 38.5. The molecule has 0 aromatic carbocycles. The number of aliphatic hydroxyl groups excluding tert-OH is 1. The van der Waals surface area contributed by atoms with Gasteiger partial charge in [-0.05, 0) is 41.5 Å². The van der Waals surface area contributed by atoms with Gasteiger partial charge in [0.15, 0.2) is 35.4 Å². The Morgan fingerprint density at radius 2 is 1.41 bits per heavy atom. The number of carbonyl (C=O) groups is 6. The van der Waals surface area contributed by atoms with E-state index in [1.54, 1.807) is 41.5 Å². The molecular formula is C30H43N7O12. The maximum atomic E-state index is 12.8. The number of hydrogen-bond acceptors (Lipinski definition) is 16. The van der Waals surface area contributed by atoms with Gasteiger partial charge in [0, 0.05) is 12.8 Å². The van der Waals surface area contributed by atoms with Crippen LogP contribution in [0.3, 0.4) is 0 Å². The number of Topliss-reactive ketones (excluding diaryl/α,β-unsaturated/α-hetero) is 2. The van der Waals surface area contributed by atoms with Gasteiger partial charge in [0.2, 0.25) is 0 Å². The monoisotopic (exact) mass is 693 g/mol. The summed E-state index contributed by atoms with van der Waals surface area (Å²) in [6.07, 6.45) is -5.63. The second kappa shape index (κ2) is 16.5. The number of alkyl carbamates (subject to hydrolysis) is 2. The zero-order chi connectivity index (χ0) is 36.5. The zero-order valence-corrected chi connectivity index (χ0v) is 28.2. The van der Waals surface area contributed by atoms with Crippen molar-refractivity contribution in [1.82, 2.24) is 30.2 Å². The van der Waals surface area contributed by atoms with E-state index in [4.69, 9.17) is 29.4 Å². The molecule has 19 nitrogen and oxygen atoms in total. The first-order valence-electron chi connectivity index (χ1n) is 15.4. The normalized spacial score (nSPS) is 19.2. The lowest BCUT2D eigenvalue weighted by atomic mass is 10.1. The summed E-state index contributed by atoms with van der Waals surface area (Å²) in [5.41, 5.74) is 4.81. The Bertz CT molecular complexity index is 1530. The number of rotatable bonds is 14. The Hall–Kier alpha value is -4.91. The summed E-state index contributed by atoms with van der Waals surface area (Å²) in [5, 5.41) is 15.7. The lowest BCUT2D eigenvalue weighted by Crippen LogP contribution is -2.38. The highest BCUT2D eigenvalue weighted by Crippen LogP contribution is 2.34. The van der Waals surface area contributed by atoms with Gasteiger partial charge >= 0.3 is 24.1 Å². The average molecular weight is 694 g/mol. The number of hydrogen-bond donors (Lipinski definition) is 4. The lowest BCUT2D eigenvalue weighted by molar-refractivity contribution is -0.159. The third-order valence-electron chi connectivity index (χ3n) is 6.52. The quantitative estimate of drug-likeness (QED) is 0.158. The van der Waals surface area contributed by atoms with Gasteiger partial charge in [0.1, 0.15) is 41.9 Å². The van der Waals surface area contributed by atoms with Gasteiger partial charge in [-0.2, -0.15) is 0 Å². The van der Waals surface area contributed by atoms with Crippen LogP contribution in [-0.4, -0.2) is 110 Å². The van der Waals surface area contributed by atoms with Crippen LogP contribution in [0.4, 0.5) is 15.4 Å². The molecule has 0 spiro atoms. The summed E-state index contributed by atoms with van der Waals surface area (Å²) in [5.74, 6) is -2.50. The topological polar surface area (TPSA) is 262 Å². The number of amides is 2. The molecule has 1 aliphatic rings. The van der Waals surface area contributed by atoms with E-state index in [9.17, 15) is 33.9 Å². The summed E-state index contributed by atoms with van der Waals surface area (Å²) >= 11 is 0. The van der Waals surface area contributed by atoms with Crippen molar-refractivity contribution in [3.8, 4) is 0 Å². The minimum absolute atomic E-state index is 0.0654. The van der Waals surface area contributed by atoms with E-state index >= 15 is 0 Å². The van der Waals surface area contributed by atoms with Crippen LogP contribution in [0.2, 0.25) is 0 Å². The highest BCUT2D eigenvalue weighted by molar-refractivity contribution is 5.87. The van der Waals surface area contributed by atoms with Gasteiger partial charge in [-0.3, -0.25) is 23.7 Å². The van der Waals surface area contributed by atoms with Gasteiger partial charge in [-0.15, -0.1) is 0 Å². The Balaban J connectivity index is 1.59. The number of nitrogens with zero attached hydrogens (tertiary/aromatic N) is 4. The van der Waals surface area contributed by atoms with Crippen molar-refractivity contribution in [3.63, 3.8) is 0 Å². The second-order valence-corrected chi connectivity index (χ2v) is 13.1. The van der Waals surface area contributed by atoms with Gasteiger partial charge in [-0.1, -0.05) is 0 Å². The molecule has 270 valence electrons. The van der Waals surface area contributed by atoms with E-state index in [0.29, 0.717) is 0 Å². The van der Waals surface area contributed by atoms with E-state index in [-0.39, 0.29) is 55.8 Å². The van der Waals surface area contributed by atoms with Crippen molar-refractivity contribution >= 4 is 52.7 Å². The number of imidazole rings is 1. The third kappa shape index (κ3) is 12.2. The van der Waals surface area contributed by atoms with Crippen molar-refractivity contribution in [1.29, 1.82) is 0 Å². The number of anilines is 1. The molecule has 2 aromatic rings. The van der Waals surface area contributed by atoms with Crippen LogP contribution in [0.25, 0.3) is 11.2 Å². The van der Waals surface area contributed by atoms with Crippen molar-refractivity contribution in [2.75, 3.05) is 25.4 Å². The largest absolute Gasteiger partial charge is 0.463 e. The SMILES string of the molecule is CC(C)(C)OC(=O)NCC(=O)CCC(=O)OC[C@H]1O[C@@H](n2cnc3c(N)ncnc32)C(OC(=O)CCC(=O)CNC(=O)OC(C)(C)C)C1O. The van der Waals surface area contributed by atoms with Gasteiger partial charge < -0.3 is 45.2 Å². The van der Waals surface area contributed by atoms with Crippen LogP contribution in [0.1, 0.15) is 73.5 Å². The lowest BCUT2D eigenvalue weighted by Gasteiger charge is -2.22. The number of ether oxygens (including phenoxy) is 5. The molecule has 0 aliphatic carbocycles. The fraction of sp³-hybridized carbons (Fsp3) is 0.633. The molecule has 4 atom stereocenters. The van der Waals surface area contributed by atoms with Gasteiger partial charge in [0.05, 0.1) is 32.3 Å². The highest BCUT2D eigenvalue weighted by Gasteiger charge is 2.48. The molecule has 19 heteroatoms. The first-order valence-corrected chi connectivity index (χ1v) is 15.4. The first-order chi connectivity index (χ1) is 22.8. The number of aliphatic hydroxyl groups is 1. The fourth-order valence-corrected chi connectivity index (χ4v) is 4.35. The predicted molar refractivity (Wildman–Crippen MR) is 167 cm³/mol. The average Bonchev–Trinajstić information content (AvgIpc) is 3.55. The molecule has 3 heterocycles. The number of aromatic nitrogens is 4. The second-order valence-electron chi connectivity index (χ2n) is 13.1. The molecule has 0 saturated carbocycles. The Morgan fingerprint density at radius 1 is 0.857 bits per heavy atom. The van der Waals surface area contributed by atoms with Gasteiger partial charge in [-0.25, -0.2) is 24.5 Å². The maximum absolute atomic E-state index is 12.8. The Labute approximate surface area is 281 Å². The molecule has 2 aromatic heterocycles. The molecule has 0 radical (unpaired) electrons. The van der Waals surface area contributed by atoms with Crippen LogP contribution in [-0.2, 0) is 42.9 Å². The fourth-order valence-electron chi connectivity index (χ4n) is 4.35. The molecule has 1 saturated heterocycles. The van der Waals surface area contributed by atoms with Crippen LogP contribution >= 0.6 is 0 Å². The van der Waals surface area contributed by atoms with Crippen LogP contribution in [0.15, 0.2) is 12.7 Å². The minimum atomic E-state index is -1.53. The van der Waals surface area contributed by atoms with Gasteiger partial charge in [0.25, 0.3) is 0 Å². The summed E-state index contributed by atoms with van der Waals surface area (Å²) in [6.45, 7) is 8.82. The Kier molecular flexibility index (Phi) is 12.9. The number of esters is 2.